The summed E-state index contributed by atoms with van der Waals surface area (Å²) < 4.78 is 30.8. The van der Waals surface area contributed by atoms with Crippen molar-refractivity contribution in [2.45, 2.75) is 26.3 Å². The number of nitrogens with one attached hydrogen (secondary N) is 1. The third-order valence-electron chi connectivity index (χ3n) is 6.70. The highest BCUT2D eigenvalue weighted by Gasteiger charge is 2.26. The van der Waals surface area contributed by atoms with Crippen molar-refractivity contribution >= 4 is 17.4 Å². The van der Waals surface area contributed by atoms with Gasteiger partial charge in [-0.25, -0.2) is 14.4 Å². The number of aromatic nitrogens is 2. The molecule has 1 amide bonds. The quantitative estimate of drug-likeness (QED) is 0.447. The first-order valence-electron chi connectivity index (χ1n) is 12.6. The van der Waals surface area contributed by atoms with E-state index in [0.717, 1.165) is 6.42 Å². The number of hydrogen-bond donors (Lipinski definition) is 1. The van der Waals surface area contributed by atoms with Crippen molar-refractivity contribution in [3.63, 3.8) is 0 Å². The summed E-state index contributed by atoms with van der Waals surface area (Å²) in [5, 5.41) is 3.02. The van der Waals surface area contributed by atoms with E-state index >= 15 is 0 Å². The van der Waals surface area contributed by atoms with Gasteiger partial charge >= 0.3 is 0 Å². The van der Waals surface area contributed by atoms with Crippen LogP contribution in [0.5, 0.6) is 17.2 Å². The summed E-state index contributed by atoms with van der Waals surface area (Å²) in [6.45, 7) is 6.24. The number of para-hydroxylation sites is 1. The molecule has 4 rings (SSSR count). The molecule has 10 heteroatoms. The van der Waals surface area contributed by atoms with Crippen LogP contribution in [-0.4, -0.2) is 69.4 Å². The largest absolute Gasteiger partial charge is 0.493 e. The van der Waals surface area contributed by atoms with Gasteiger partial charge in [-0.1, -0.05) is 19.1 Å². The van der Waals surface area contributed by atoms with Crippen molar-refractivity contribution in [3.05, 3.63) is 54.0 Å². The molecule has 3 aromatic rings. The van der Waals surface area contributed by atoms with Crippen LogP contribution < -0.4 is 29.3 Å². The highest BCUT2D eigenvalue weighted by molar-refractivity contribution is 5.99. The zero-order valence-electron chi connectivity index (χ0n) is 22.5. The number of ether oxygens (including phenoxy) is 3. The monoisotopic (exact) mass is 523 g/mol. The van der Waals surface area contributed by atoms with E-state index in [1.807, 2.05) is 29.7 Å². The molecule has 0 spiro atoms. The number of amides is 1. The number of piperazine rings is 1. The molecule has 1 atom stereocenters. The van der Waals surface area contributed by atoms with Crippen LogP contribution in [0.15, 0.2) is 42.6 Å². The van der Waals surface area contributed by atoms with Crippen molar-refractivity contribution in [3.8, 4) is 28.6 Å². The molecule has 1 saturated heterocycles. The Morgan fingerprint density at radius 3 is 2.24 bits per heavy atom. The highest BCUT2D eigenvalue weighted by atomic mass is 19.1. The van der Waals surface area contributed by atoms with E-state index < -0.39 is 0 Å². The maximum atomic E-state index is 14.4. The third kappa shape index (κ3) is 5.58. The lowest BCUT2D eigenvalue weighted by Gasteiger charge is -2.37. The van der Waals surface area contributed by atoms with Crippen LogP contribution in [0.3, 0.4) is 0 Å². The number of rotatable bonds is 9. The summed E-state index contributed by atoms with van der Waals surface area (Å²) in [7, 11) is 4.63. The number of hydrogen-bond acceptors (Lipinski definition) is 8. The molecule has 2 heterocycles. The third-order valence-corrected chi connectivity index (χ3v) is 6.70. The van der Waals surface area contributed by atoms with E-state index in [-0.39, 0.29) is 17.8 Å². The predicted octanol–water partition coefficient (Wildman–Crippen LogP) is 4.16. The Morgan fingerprint density at radius 1 is 1.03 bits per heavy atom. The van der Waals surface area contributed by atoms with E-state index in [1.165, 1.54) is 6.07 Å². The van der Waals surface area contributed by atoms with Gasteiger partial charge in [-0.2, -0.15) is 0 Å². The molecular weight excluding hydrogens is 489 g/mol. The molecule has 0 saturated carbocycles. The highest BCUT2D eigenvalue weighted by Crippen LogP contribution is 2.41. The van der Waals surface area contributed by atoms with Crippen LogP contribution in [0.1, 0.15) is 30.6 Å². The molecule has 38 heavy (non-hydrogen) atoms. The second-order valence-electron chi connectivity index (χ2n) is 9.05. The summed E-state index contributed by atoms with van der Waals surface area (Å²) >= 11 is 0. The topological polar surface area (TPSA) is 89.0 Å². The number of carbonyl (C=O) groups excluding carboxylic acids is 1. The minimum Gasteiger partial charge on any atom is -0.493 e. The van der Waals surface area contributed by atoms with Crippen molar-refractivity contribution in [1.82, 2.24) is 15.3 Å². The molecule has 0 aliphatic carbocycles. The second-order valence-corrected chi connectivity index (χ2v) is 9.05. The average molecular weight is 524 g/mol. The number of anilines is 2. The van der Waals surface area contributed by atoms with E-state index in [1.54, 1.807) is 51.8 Å². The first-order chi connectivity index (χ1) is 18.4. The van der Waals surface area contributed by atoms with E-state index in [0.29, 0.717) is 71.9 Å². The molecule has 1 unspecified atom stereocenters. The predicted molar refractivity (Wildman–Crippen MR) is 145 cm³/mol. The van der Waals surface area contributed by atoms with Crippen LogP contribution >= 0.6 is 0 Å². The fourth-order valence-electron chi connectivity index (χ4n) is 4.39. The van der Waals surface area contributed by atoms with Crippen LogP contribution in [0.2, 0.25) is 0 Å². The Bertz CT molecular complexity index is 1250. The van der Waals surface area contributed by atoms with Gasteiger partial charge in [0.25, 0.3) is 5.91 Å². The Balaban J connectivity index is 1.70. The summed E-state index contributed by atoms with van der Waals surface area (Å²) in [6.07, 6.45) is 2.36. The van der Waals surface area contributed by atoms with Gasteiger partial charge in [-0.15, -0.1) is 0 Å². The molecule has 1 aromatic heterocycles. The molecular formula is C28H34FN5O4. The number of nitrogens with zero attached hydrogens (tertiary/aromatic N) is 4. The lowest BCUT2D eigenvalue weighted by Crippen LogP contribution is -2.48. The number of carbonyl (C=O) groups is 1. The summed E-state index contributed by atoms with van der Waals surface area (Å²) in [5.41, 5.74) is 1.61. The van der Waals surface area contributed by atoms with Gasteiger partial charge < -0.3 is 29.3 Å². The van der Waals surface area contributed by atoms with Gasteiger partial charge in [0.1, 0.15) is 17.2 Å². The second kappa shape index (κ2) is 12.0. The summed E-state index contributed by atoms with van der Waals surface area (Å²) in [5.74, 6) is 1.87. The molecule has 0 radical (unpaired) electrons. The summed E-state index contributed by atoms with van der Waals surface area (Å²) in [4.78, 5) is 26.6. The first-order valence-corrected chi connectivity index (χ1v) is 12.6. The maximum Gasteiger partial charge on any atom is 0.256 e. The van der Waals surface area contributed by atoms with E-state index in [2.05, 4.69) is 10.3 Å². The molecule has 0 bridgehead atoms. The molecule has 1 aliphatic heterocycles. The number of halogens is 1. The zero-order chi connectivity index (χ0) is 27.2. The van der Waals surface area contributed by atoms with Gasteiger partial charge in [0.15, 0.2) is 17.3 Å². The molecule has 2 aromatic carbocycles. The normalized spacial score (nSPS) is 14.2. The van der Waals surface area contributed by atoms with Crippen molar-refractivity contribution in [2.24, 2.45) is 0 Å². The minimum atomic E-state index is -0.249. The lowest BCUT2D eigenvalue weighted by molar-refractivity contribution is 0.0939. The Hall–Kier alpha value is -4.08. The zero-order valence-corrected chi connectivity index (χ0v) is 22.5. The van der Waals surface area contributed by atoms with Gasteiger partial charge in [0.2, 0.25) is 5.75 Å². The smallest absolute Gasteiger partial charge is 0.256 e. The Kier molecular flexibility index (Phi) is 8.50. The molecule has 202 valence electrons. The lowest BCUT2D eigenvalue weighted by atomic mass is 10.1. The van der Waals surface area contributed by atoms with Crippen molar-refractivity contribution in [1.29, 1.82) is 0 Å². The van der Waals surface area contributed by atoms with Gasteiger partial charge in [0.05, 0.1) is 27.0 Å². The molecule has 1 aliphatic rings. The average Bonchev–Trinajstić information content (AvgIpc) is 2.96. The molecule has 1 fully saturated rings. The Morgan fingerprint density at radius 2 is 1.66 bits per heavy atom. The van der Waals surface area contributed by atoms with Crippen LogP contribution in [-0.2, 0) is 0 Å². The van der Waals surface area contributed by atoms with Gasteiger partial charge in [-0.05, 0) is 37.6 Å². The van der Waals surface area contributed by atoms with Crippen LogP contribution in [0.4, 0.5) is 15.9 Å². The van der Waals surface area contributed by atoms with Crippen molar-refractivity contribution < 1.29 is 23.4 Å². The maximum absolute atomic E-state index is 14.4. The van der Waals surface area contributed by atoms with Crippen molar-refractivity contribution in [2.75, 3.05) is 57.3 Å². The fraction of sp³-hybridized carbons (Fsp3) is 0.393. The fourth-order valence-corrected chi connectivity index (χ4v) is 4.39. The molecule has 9 nitrogen and oxygen atoms in total. The standard InChI is InChI=1S/C28H34FN5O4/c1-6-18(2)31-28(35)20-17-30-26(19-15-23(36-3)25(38-5)24(16-19)37-4)32-27(20)34-13-11-33(12-14-34)22-10-8-7-9-21(22)29/h7-10,15-18H,6,11-14H2,1-5H3,(H,31,35). The van der Waals surface area contributed by atoms with Gasteiger partial charge in [-0.3, -0.25) is 4.79 Å². The minimum absolute atomic E-state index is 0.00282. The number of benzene rings is 2. The number of methoxy groups -OCH3 is 3. The molecule has 1 N–H and O–H groups in total. The Labute approximate surface area is 222 Å². The van der Waals surface area contributed by atoms with E-state index in [4.69, 9.17) is 19.2 Å². The van der Waals surface area contributed by atoms with E-state index in [9.17, 15) is 9.18 Å². The first kappa shape index (κ1) is 27.0. The van der Waals surface area contributed by atoms with Crippen LogP contribution in [0, 0.1) is 5.82 Å². The van der Waals surface area contributed by atoms with Crippen LogP contribution in [0.25, 0.3) is 11.4 Å². The van der Waals surface area contributed by atoms with Gasteiger partial charge in [0, 0.05) is 44.0 Å². The SMILES string of the molecule is CCC(C)NC(=O)c1cnc(-c2cc(OC)c(OC)c(OC)c2)nc1N1CCN(c2ccccc2F)CC1. The summed E-state index contributed by atoms with van der Waals surface area (Å²) in [6, 6.07) is 10.3.